The molecule has 0 aliphatic carbocycles. The molecule has 14 nitrogen and oxygen atoms in total. The first kappa shape index (κ1) is 42.8. The molecule has 2 aliphatic heterocycles. The van der Waals surface area contributed by atoms with Crippen LogP contribution < -0.4 is 5.32 Å². The third-order valence-corrected chi connectivity index (χ3v) is 10.9. The van der Waals surface area contributed by atoms with Crippen LogP contribution in [0.15, 0.2) is 22.8 Å². The maximum atomic E-state index is 14.1. The molecule has 14 atom stereocenters. The minimum Gasteiger partial charge on any atom is -0.467 e. The fourth-order valence-electron chi connectivity index (χ4n) is 7.95. The number of amides is 1. The van der Waals surface area contributed by atoms with Gasteiger partial charge in [-0.3, -0.25) is 9.59 Å². The Morgan fingerprint density at radius 3 is 2.29 bits per heavy atom. The number of nitrogens with one attached hydrogen (secondary N) is 1. The predicted molar refractivity (Wildman–Crippen MR) is 186 cm³/mol. The van der Waals surface area contributed by atoms with E-state index in [-0.39, 0.29) is 37.3 Å². The van der Waals surface area contributed by atoms with Crippen LogP contribution in [0.4, 0.5) is 4.79 Å². The molecule has 2 saturated heterocycles. The van der Waals surface area contributed by atoms with Gasteiger partial charge in [0.1, 0.15) is 35.5 Å². The zero-order valence-corrected chi connectivity index (χ0v) is 32.4. The standard InChI is InChI=1S/C37H62N2O12/c1-13-27-37(8,44)32(45-11)22(4)28(40)20(2)18-36(7,46-12)31(51-34-29(41)26(39(9)10)17-21(3)48-34)23(5)30(24(6)33(42)49-27)50-35(43)38-19-25-15-14-16-47-25/h14-16,20-24,26-27,29-32,34,41,44H,13,17-19H2,1-12H3,(H,38,43)/t20-,21-,22-,23+,24-,26+,27-,29-,30+,31-,32-,34+,36-,37-/m1/s1. The number of furan rings is 1. The number of alkyl carbamates (subject to hydrolysis) is 1. The maximum absolute atomic E-state index is 14.1. The number of methoxy groups -OCH3 is 2. The SMILES string of the molecule is CC[C@H]1OC(=O)[C@H](C)[C@@H](OC(=O)NCc2ccco2)[C@H](C)[C@@H](O[C@@H]2O[C@H](C)C[C@H](N(C)C)[C@H]2O)[C@](C)(OC)C[C@@H](C)C(=O)[C@@H](C)[C@@H](OC)[C@]1(C)O. The average molecular weight is 727 g/mol. The number of nitrogens with zero attached hydrogens (tertiary/aromatic N) is 1. The molecule has 3 heterocycles. The Morgan fingerprint density at radius 2 is 1.75 bits per heavy atom. The Balaban J connectivity index is 2.17. The summed E-state index contributed by atoms with van der Waals surface area (Å²) in [6.45, 7) is 13.8. The Morgan fingerprint density at radius 1 is 1.08 bits per heavy atom. The van der Waals surface area contributed by atoms with Crippen LogP contribution in [0.1, 0.15) is 80.4 Å². The minimum absolute atomic E-state index is 0.0321. The third kappa shape index (κ3) is 9.89. The van der Waals surface area contributed by atoms with E-state index in [0.29, 0.717) is 12.2 Å². The molecule has 0 saturated carbocycles. The maximum Gasteiger partial charge on any atom is 0.407 e. The van der Waals surface area contributed by atoms with Crippen LogP contribution in [0, 0.1) is 23.7 Å². The molecular weight excluding hydrogens is 664 g/mol. The smallest absolute Gasteiger partial charge is 0.407 e. The number of esters is 1. The van der Waals surface area contributed by atoms with E-state index in [4.69, 9.17) is 32.8 Å². The molecule has 1 amide bonds. The van der Waals surface area contributed by atoms with Gasteiger partial charge in [0.25, 0.3) is 0 Å². The Labute approximate surface area is 302 Å². The summed E-state index contributed by atoms with van der Waals surface area (Å²) in [6, 6.07) is 3.10. The molecule has 292 valence electrons. The van der Waals surface area contributed by atoms with Crippen molar-refractivity contribution in [2.45, 2.75) is 141 Å². The lowest BCUT2D eigenvalue weighted by Crippen LogP contribution is -2.61. The molecule has 0 radical (unpaired) electrons. The van der Waals surface area contributed by atoms with Crippen molar-refractivity contribution < 1.29 is 57.4 Å². The van der Waals surface area contributed by atoms with Crippen molar-refractivity contribution in [2.75, 3.05) is 28.3 Å². The van der Waals surface area contributed by atoms with Gasteiger partial charge >= 0.3 is 12.1 Å². The van der Waals surface area contributed by atoms with Crippen molar-refractivity contribution in [3.05, 3.63) is 24.2 Å². The molecule has 3 N–H and O–H groups in total. The van der Waals surface area contributed by atoms with Gasteiger partial charge in [-0.05, 0) is 73.2 Å². The first-order chi connectivity index (χ1) is 23.8. The second-order valence-electron chi connectivity index (χ2n) is 15.1. The normalized spacial score (nSPS) is 40.4. The van der Waals surface area contributed by atoms with Crippen LogP contribution >= 0.6 is 0 Å². The number of ether oxygens (including phenoxy) is 6. The highest BCUT2D eigenvalue weighted by molar-refractivity contribution is 5.83. The summed E-state index contributed by atoms with van der Waals surface area (Å²) in [5.41, 5.74) is -3.02. The highest BCUT2D eigenvalue weighted by atomic mass is 16.7. The van der Waals surface area contributed by atoms with E-state index in [1.54, 1.807) is 53.7 Å². The number of carbonyl (C=O) groups excluding carboxylic acids is 3. The van der Waals surface area contributed by atoms with E-state index in [0.717, 1.165) is 0 Å². The third-order valence-electron chi connectivity index (χ3n) is 10.9. The van der Waals surface area contributed by atoms with E-state index in [1.807, 2.05) is 25.9 Å². The number of ketones is 1. The van der Waals surface area contributed by atoms with Crippen LogP contribution in [0.2, 0.25) is 0 Å². The van der Waals surface area contributed by atoms with Gasteiger partial charge in [0, 0.05) is 38.0 Å². The van der Waals surface area contributed by atoms with Crippen molar-refractivity contribution in [3.63, 3.8) is 0 Å². The molecule has 0 aromatic carbocycles. The summed E-state index contributed by atoms with van der Waals surface area (Å²) in [5.74, 6) is -3.79. The quantitative estimate of drug-likeness (QED) is 0.315. The molecule has 0 spiro atoms. The fourth-order valence-corrected chi connectivity index (χ4v) is 7.95. The average Bonchev–Trinajstić information content (AvgIpc) is 3.61. The highest BCUT2D eigenvalue weighted by Crippen LogP contribution is 2.40. The van der Waals surface area contributed by atoms with Gasteiger partial charge in [0.2, 0.25) is 0 Å². The summed E-state index contributed by atoms with van der Waals surface area (Å²) in [4.78, 5) is 43.4. The monoisotopic (exact) mass is 726 g/mol. The molecule has 1 aromatic heterocycles. The number of likely N-dealkylation sites (N-methyl/N-ethyl adjacent to an activating group) is 1. The van der Waals surface area contributed by atoms with Crippen LogP contribution in [0.5, 0.6) is 0 Å². The van der Waals surface area contributed by atoms with Gasteiger partial charge in [-0.2, -0.15) is 0 Å². The molecule has 3 rings (SSSR count). The van der Waals surface area contributed by atoms with Crippen molar-refractivity contribution in [2.24, 2.45) is 23.7 Å². The predicted octanol–water partition coefficient (Wildman–Crippen LogP) is 3.70. The molecule has 14 heteroatoms. The van der Waals surface area contributed by atoms with Crippen LogP contribution in [0.25, 0.3) is 0 Å². The number of hydrogen-bond acceptors (Lipinski definition) is 13. The second-order valence-corrected chi connectivity index (χ2v) is 15.1. The molecule has 0 unspecified atom stereocenters. The number of aliphatic hydroxyl groups excluding tert-OH is 1. The zero-order chi connectivity index (χ0) is 38.4. The number of aliphatic hydroxyl groups is 2. The first-order valence-corrected chi connectivity index (χ1v) is 18.0. The van der Waals surface area contributed by atoms with Gasteiger partial charge in [-0.1, -0.05) is 27.7 Å². The Hall–Kier alpha value is -2.59. The highest BCUT2D eigenvalue weighted by Gasteiger charge is 2.53. The van der Waals surface area contributed by atoms with Gasteiger partial charge in [-0.15, -0.1) is 0 Å². The van der Waals surface area contributed by atoms with Crippen molar-refractivity contribution in [3.8, 4) is 0 Å². The molecule has 51 heavy (non-hydrogen) atoms. The summed E-state index contributed by atoms with van der Waals surface area (Å²) >= 11 is 0. The summed E-state index contributed by atoms with van der Waals surface area (Å²) in [7, 11) is 6.64. The Kier molecular flexibility index (Phi) is 15.1. The Bertz CT molecular complexity index is 1270. The summed E-state index contributed by atoms with van der Waals surface area (Å²) < 4.78 is 42.2. The second kappa shape index (κ2) is 18.0. The molecular formula is C37H62N2O12. The van der Waals surface area contributed by atoms with Gasteiger partial charge in [0.15, 0.2) is 6.29 Å². The largest absolute Gasteiger partial charge is 0.467 e. The van der Waals surface area contributed by atoms with Crippen LogP contribution in [-0.2, 0) is 44.6 Å². The van der Waals surface area contributed by atoms with Gasteiger partial charge in [0.05, 0.1) is 42.6 Å². The number of carbonyl (C=O) groups is 3. The lowest BCUT2D eigenvalue weighted by atomic mass is 9.73. The van der Waals surface area contributed by atoms with E-state index in [2.05, 4.69) is 5.32 Å². The van der Waals surface area contributed by atoms with E-state index >= 15 is 0 Å². The lowest BCUT2D eigenvalue weighted by molar-refractivity contribution is -0.301. The van der Waals surface area contributed by atoms with Crippen molar-refractivity contribution >= 4 is 17.8 Å². The number of rotatable bonds is 9. The lowest BCUT2D eigenvalue weighted by Gasteiger charge is -2.48. The van der Waals surface area contributed by atoms with Crippen molar-refractivity contribution in [1.82, 2.24) is 10.2 Å². The minimum atomic E-state index is -1.76. The van der Waals surface area contributed by atoms with Crippen LogP contribution in [0.3, 0.4) is 0 Å². The van der Waals surface area contributed by atoms with Crippen molar-refractivity contribution in [1.29, 1.82) is 0 Å². The number of cyclic esters (lactones) is 1. The van der Waals surface area contributed by atoms with Gasteiger partial charge < -0.3 is 53.3 Å². The first-order valence-electron chi connectivity index (χ1n) is 18.0. The fraction of sp³-hybridized carbons (Fsp3) is 0.811. The molecule has 1 aromatic rings. The molecule has 2 fully saturated rings. The molecule has 0 bridgehead atoms. The van der Waals surface area contributed by atoms with E-state index in [9.17, 15) is 24.6 Å². The van der Waals surface area contributed by atoms with Gasteiger partial charge in [-0.25, -0.2) is 4.79 Å². The number of hydrogen-bond donors (Lipinski definition) is 3. The van der Waals surface area contributed by atoms with Crippen LogP contribution in [-0.4, -0.2) is 121 Å². The van der Waals surface area contributed by atoms with E-state index in [1.165, 1.54) is 27.4 Å². The topological polar surface area (TPSA) is 175 Å². The molecule has 2 aliphatic rings. The van der Waals surface area contributed by atoms with E-state index < -0.39 is 83.7 Å². The summed E-state index contributed by atoms with van der Waals surface area (Å²) in [6.07, 6.45) is -5.20. The zero-order valence-electron chi connectivity index (χ0n) is 32.4. The summed E-state index contributed by atoms with van der Waals surface area (Å²) in [5, 5.41) is 26.0. The number of Topliss-reactive ketones (excluding diaryl/α,β-unsaturated/α-hetero) is 1.